The monoisotopic (exact) mass is 305 g/mol. The Bertz CT molecular complexity index is 469. The maximum atomic E-state index is 13.7. The van der Waals surface area contributed by atoms with E-state index in [1.54, 1.807) is 0 Å². The molecule has 1 aromatic carbocycles. The van der Waals surface area contributed by atoms with Gasteiger partial charge in [-0.05, 0) is 21.3 Å². The quantitative estimate of drug-likeness (QED) is 0.617. The molecule has 0 saturated heterocycles. The lowest BCUT2D eigenvalue weighted by Gasteiger charge is -2.22. The molecule has 0 atom stereocenters. The van der Waals surface area contributed by atoms with E-state index >= 15 is 0 Å². The third kappa shape index (κ3) is 2.57. The van der Waals surface area contributed by atoms with Crippen LogP contribution in [0.4, 0.5) is 10.1 Å². The minimum absolute atomic E-state index is 0.0147. The fraction of sp³-hybridized carbons (Fsp3) is 0.455. The van der Waals surface area contributed by atoms with Crippen LogP contribution in [0.5, 0.6) is 5.75 Å². The van der Waals surface area contributed by atoms with Gasteiger partial charge in [-0.1, -0.05) is 20.8 Å². The van der Waals surface area contributed by atoms with E-state index in [1.165, 1.54) is 13.2 Å². The summed E-state index contributed by atoms with van der Waals surface area (Å²) in [6.45, 7) is 5.62. The van der Waals surface area contributed by atoms with Crippen molar-refractivity contribution in [3.8, 4) is 5.75 Å². The standard InChI is InChI=1S/C11H13BrFNO3/c1-11(2,3)6-5-7(14(15)16)9(13)8(12)10(6)17-4/h5H,1-4H3. The molecule has 0 fully saturated rings. The largest absolute Gasteiger partial charge is 0.495 e. The van der Waals surface area contributed by atoms with Crippen LogP contribution in [0, 0.1) is 15.9 Å². The first-order chi connectivity index (χ1) is 7.70. The van der Waals surface area contributed by atoms with E-state index in [0.29, 0.717) is 11.3 Å². The zero-order valence-electron chi connectivity index (χ0n) is 10.0. The van der Waals surface area contributed by atoms with Crippen molar-refractivity contribution < 1.29 is 14.1 Å². The number of nitro benzene ring substituents is 1. The molecule has 0 unspecified atom stereocenters. The molecule has 0 spiro atoms. The maximum absolute atomic E-state index is 13.7. The lowest BCUT2D eigenvalue weighted by Crippen LogP contribution is -2.14. The van der Waals surface area contributed by atoms with Crippen LogP contribution in [0.15, 0.2) is 10.5 Å². The van der Waals surface area contributed by atoms with Crippen molar-refractivity contribution >= 4 is 21.6 Å². The highest BCUT2D eigenvalue weighted by molar-refractivity contribution is 9.10. The zero-order valence-corrected chi connectivity index (χ0v) is 11.6. The zero-order chi connectivity index (χ0) is 13.4. The third-order valence-electron chi connectivity index (χ3n) is 2.35. The number of nitro groups is 1. The molecule has 0 radical (unpaired) electrons. The van der Waals surface area contributed by atoms with E-state index in [-0.39, 0.29) is 9.89 Å². The summed E-state index contributed by atoms with van der Waals surface area (Å²) >= 11 is 3.00. The minimum atomic E-state index is -0.917. The lowest BCUT2D eigenvalue weighted by molar-refractivity contribution is -0.387. The van der Waals surface area contributed by atoms with E-state index in [4.69, 9.17) is 4.74 Å². The highest BCUT2D eigenvalue weighted by atomic mass is 79.9. The second kappa shape index (κ2) is 4.60. The van der Waals surface area contributed by atoms with Crippen LogP contribution in [-0.4, -0.2) is 12.0 Å². The summed E-state index contributed by atoms with van der Waals surface area (Å²) < 4.78 is 18.8. The summed E-state index contributed by atoms with van der Waals surface area (Å²) in [6, 6.07) is 1.22. The van der Waals surface area contributed by atoms with Crippen molar-refractivity contribution in [1.29, 1.82) is 0 Å². The molecule has 1 aromatic rings. The lowest BCUT2D eigenvalue weighted by atomic mass is 9.86. The fourth-order valence-corrected chi connectivity index (χ4v) is 2.06. The second-order valence-corrected chi connectivity index (χ2v) is 5.40. The van der Waals surface area contributed by atoms with E-state index in [2.05, 4.69) is 15.9 Å². The van der Waals surface area contributed by atoms with Gasteiger partial charge in [0.25, 0.3) is 0 Å². The molecule has 0 aliphatic heterocycles. The molecule has 0 aromatic heterocycles. The normalized spacial score (nSPS) is 11.4. The van der Waals surface area contributed by atoms with Crippen LogP contribution in [-0.2, 0) is 5.41 Å². The molecule has 17 heavy (non-hydrogen) atoms. The topological polar surface area (TPSA) is 52.4 Å². The highest BCUT2D eigenvalue weighted by Gasteiger charge is 2.29. The number of halogens is 2. The van der Waals surface area contributed by atoms with Crippen molar-refractivity contribution in [2.75, 3.05) is 7.11 Å². The molecule has 0 aliphatic carbocycles. The Morgan fingerprint density at radius 2 is 2.00 bits per heavy atom. The van der Waals surface area contributed by atoms with Crippen LogP contribution in [0.3, 0.4) is 0 Å². The van der Waals surface area contributed by atoms with E-state index in [0.717, 1.165) is 0 Å². The first-order valence-electron chi connectivity index (χ1n) is 4.91. The second-order valence-electron chi connectivity index (χ2n) is 4.61. The van der Waals surface area contributed by atoms with Gasteiger partial charge in [-0.3, -0.25) is 10.1 Å². The van der Waals surface area contributed by atoms with Gasteiger partial charge >= 0.3 is 5.69 Å². The van der Waals surface area contributed by atoms with Gasteiger partial charge in [0.1, 0.15) is 10.2 Å². The molecular weight excluding hydrogens is 293 g/mol. The number of hydrogen-bond acceptors (Lipinski definition) is 3. The summed E-state index contributed by atoms with van der Waals surface area (Å²) in [5.74, 6) is -0.625. The fourth-order valence-electron chi connectivity index (χ4n) is 1.49. The van der Waals surface area contributed by atoms with Crippen molar-refractivity contribution in [3.63, 3.8) is 0 Å². The maximum Gasteiger partial charge on any atom is 0.306 e. The van der Waals surface area contributed by atoms with Crippen molar-refractivity contribution in [1.82, 2.24) is 0 Å². The molecule has 1 rings (SSSR count). The van der Waals surface area contributed by atoms with E-state index < -0.39 is 16.4 Å². The van der Waals surface area contributed by atoms with E-state index in [1.807, 2.05) is 20.8 Å². The van der Waals surface area contributed by atoms with Gasteiger partial charge in [0.15, 0.2) is 0 Å². The number of benzene rings is 1. The minimum Gasteiger partial charge on any atom is -0.495 e. The molecule has 6 heteroatoms. The van der Waals surface area contributed by atoms with Crippen molar-refractivity contribution in [2.45, 2.75) is 26.2 Å². The highest BCUT2D eigenvalue weighted by Crippen LogP contribution is 2.42. The Hall–Kier alpha value is -1.17. The summed E-state index contributed by atoms with van der Waals surface area (Å²) in [7, 11) is 1.40. The summed E-state index contributed by atoms with van der Waals surface area (Å²) in [5.41, 5.74) is -0.352. The first kappa shape index (κ1) is 13.9. The van der Waals surface area contributed by atoms with Gasteiger partial charge in [-0.25, -0.2) is 0 Å². The molecule has 0 aliphatic rings. The average molecular weight is 306 g/mol. The van der Waals surface area contributed by atoms with E-state index in [9.17, 15) is 14.5 Å². The Morgan fingerprint density at radius 1 is 1.47 bits per heavy atom. The molecular formula is C11H13BrFNO3. The van der Waals surface area contributed by atoms with Gasteiger partial charge in [-0.2, -0.15) is 4.39 Å². The van der Waals surface area contributed by atoms with Crippen molar-refractivity contribution in [3.05, 3.63) is 32.0 Å². The molecule has 0 N–H and O–H groups in total. The number of rotatable bonds is 2. The Balaban J connectivity index is 3.65. The molecule has 0 amide bonds. The van der Waals surface area contributed by atoms with Crippen LogP contribution < -0.4 is 4.74 Å². The Morgan fingerprint density at radius 3 is 2.35 bits per heavy atom. The molecule has 4 nitrogen and oxygen atoms in total. The molecule has 94 valence electrons. The average Bonchev–Trinajstić information content (AvgIpc) is 2.19. The third-order valence-corrected chi connectivity index (χ3v) is 3.06. The van der Waals surface area contributed by atoms with Crippen LogP contribution >= 0.6 is 15.9 Å². The smallest absolute Gasteiger partial charge is 0.306 e. The molecule has 0 heterocycles. The first-order valence-corrected chi connectivity index (χ1v) is 5.70. The number of ether oxygens (including phenoxy) is 1. The Labute approximate surface area is 107 Å². The van der Waals surface area contributed by atoms with Crippen LogP contribution in [0.1, 0.15) is 26.3 Å². The van der Waals surface area contributed by atoms with Crippen molar-refractivity contribution in [2.24, 2.45) is 0 Å². The SMILES string of the molecule is COc1c(C(C)(C)C)cc([N+](=O)[O-])c(F)c1Br. The van der Waals surface area contributed by atoms with Gasteiger partial charge < -0.3 is 4.74 Å². The predicted molar refractivity (Wildman–Crippen MR) is 66.0 cm³/mol. The van der Waals surface area contributed by atoms with Gasteiger partial charge in [0.05, 0.1) is 12.0 Å². The predicted octanol–water partition coefficient (Wildman–Crippen LogP) is 3.80. The summed E-state index contributed by atoms with van der Waals surface area (Å²) in [4.78, 5) is 10.0. The number of methoxy groups -OCH3 is 1. The number of nitrogens with zero attached hydrogens (tertiary/aromatic N) is 1. The van der Waals surface area contributed by atoms with Crippen LogP contribution in [0.2, 0.25) is 0 Å². The molecule has 0 saturated carbocycles. The molecule has 0 bridgehead atoms. The van der Waals surface area contributed by atoms with Gasteiger partial charge in [-0.15, -0.1) is 0 Å². The van der Waals surface area contributed by atoms with Gasteiger partial charge in [0, 0.05) is 11.6 Å². The van der Waals surface area contributed by atoms with Gasteiger partial charge in [0.2, 0.25) is 5.82 Å². The number of hydrogen-bond donors (Lipinski definition) is 0. The summed E-state index contributed by atoms with van der Waals surface area (Å²) in [5, 5.41) is 10.8. The summed E-state index contributed by atoms with van der Waals surface area (Å²) in [6.07, 6.45) is 0. The Kier molecular flexibility index (Phi) is 3.76. The van der Waals surface area contributed by atoms with Crippen LogP contribution in [0.25, 0.3) is 0 Å².